The molecule has 1 N–H and O–H groups in total. The number of aryl methyl sites for hydroxylation is 2. The summed E-state index contributed by atoms with van der Waals surface area (Å²) in [5.41, 5.74) is 5.60. The van der Waals surface area contributed by atoms with Crippen LogP contribution in [0, 0.1) is 27.7 Å². The molecule has 0 radical (unpaired) electrons. The van der Waals surface area contributed by atoms with Crippen LogP contribution in [0.25, 0.3) is 0 Å². The molecule has 0 aliphatic heterocycles. The van der Waals surface area contributed by atoms with Crippen LogP contribution in [0.3, 0.4) is 0 Å². The quantitative estimate of drug-likeness (QED) is 0.887. The minimum Gasteiger partial charge on any atom is -0.481 e. The van der Waals surface area contributed by atoms with Gasteiger partial charge in [0.05, 0.1) is 5.92 Å². The topological polar surface area (TPSA) is 40.5 Å². The fourth-order valence-electron chi connectivity index (χ4n) is 2.55. The highest BCUT2D eigenvalue weighted by Gasteiger charge is 2.24. The van der Waals surface area contributed by atoms with Crippen LogP contribution in [0.1, 0.15) is 40.2 Å². The molecule has 1 aromatic carbocycles. The fraction of sp³-hybridized carbons (Fsp3) is 0.562. The standard InChI is InChI=1S/C16H25NO2/c1-10-9-11(2)13(4)15(12(10)3)14(16(18)19)7-8-17(5)6/h9,14H,7-8H2,1-6H3,(H,18,19). The van der Waals surface area contributed by atoms with Gasteiger partial charge in [0, 0.05) is 0 Å². The van der Waals surface area contributed by atoms with Gasteiger partial charge in [-0.3, -0.25) is 4.79 Å². The third-order valence-electron chi connectivity index (χ3n) is 3.94. The van der Waals surface area contributed by atoms with E-state index in [0.29, 0.717) is 6.42 Å². The van der Waals surface area contributed by atoms with Gasteiger partial charge in [-0.1, -0.05) is 6.07 Å². The van der Waals surface area contributed by atoms with Crippen LogP contribution >= 0.6 is 0 Å². The molecule has 0 aliphatic carbocycles. The van der Waals surface area contributed by atoms with E-state index >= 15 is 0 Å². The maximum absolute atomic E-state index is 11.6. The van der Waals surface area contributed by atoms with Gasteiger partial charge in [0.25, 0.3) is 0 Å². The van der Waals surface area contributed by atoms with Crippen LogP contribution < -0.4 is 0 Å². The molecular weight excluding hydrogens is 238 g/mol. The number of hydrogen-bond donors (Lipinski definition) is 1. The largest absolute Gasteiger partial charge is 0.481 e. The molecule has 0 aromatic heterocycles. The lowest BCUT2D eigenvalue weighted by Crippen LogP contribution is -2.22. The Hall–Kier alpha value is -1.35. The first-order chi connectivity index (χ1) is 8.75. The molecule has 0 saturated carbocycles. The van der Waals surface area contributed by atoms with Crippen molar-refractivity contribution in [2.45, 2.75) is 40.0 Å². The highest BCUT2D eigenvalue weighted by molar-refractivity contribution is 5.77. The SMILES string of the molecule is Cc1cc(C)c(C)c(C(CCN(C)C)C(=O)O)c1C. The number of rotatable bonds is 5. The Bertz CT molecular complexity index is 452. The van der Waals surface area contributed by atoms with E-state index in [1.807, 2.05) is 32.8 Å². The van der Waals surface area contributed by atoms with Crippen molar-refractivity contribution in [1.29, 1.82) is 0 Å². The summed E-state index contributed by atoms with van der Waals surface area (Å²) < 4.78 is 0. The summed E-state index contributed by atoms with van der Waals surface area (Å²) in [6, 6.07) is 2.14. The summed E-state index contributed by atoms with van der Waals surface area (Å²) in [5.74, 6) is -1.14. The number of carboxylic acid groups (broad SMARTS) is 1. The minimum absolute atomic E-state index is 0.416. The van der Waals surface area contributed by atoms with Gasteiger partial charge in [0.15, 0.2) is 0 Å². The van der Waals surface area contributed by atoms with Crippen LogP contribution in [-0.2, 0) is 4.79 Å². The summed E-state index contributed by atoms with van der Waals surface area (Å²) in [6.07, 6.45) is 0.646. The van der Waals surface area contributed by atoms with Crippen LogP contribution in [0.2, 0.25) is 0 Å². The number of carboxylic acids is 1. The highest BCUT2D eigenvalue weighted by atomic mass is 16.4. The van der Waals surface area contributed by atoms with Crippen molar-refractivity contribution >= 4 is 5.97 Å². The number of carbonyl (C=O) groups is 1. The van der Waals surface area contributed by atoms with Crippen molar-refractivity contribution in [2.75, 3.05) is 20.6 Å². The predicted octanol–water partition coefficient (Wildman–Crippen LogP) is 3.04. The second-order valence-corrected chi connectivity index (χ2v) is 5.66. The Morgan fingerprint density at radius 2 is 1.63 bits per heavy atom. The van der Waals surface area contributed by atoms with Gasteiger partial charge in [0.2, 0.25) is 0 Å². The van der Waals surface area contributed by atoms with Crippen molar-refractivity contribution in [3.05, 3.63) is 33.9 Å². The maximum Gasteiger partial charge on any atom is 0.311 e. The van der Waals surface area contributed by atoms with E-state index in [1.165, 1.54) is 11.1 Å². The van der Waals surface area contributed by atoms with E-state index in [4.69, 9.17) is 0 Å². The average molecular weight is 263 g/mol. The van der Waals surface area contributed by atoms with Crippen molar-refractivity contribution in [2.24, 2.45) is 0 Å². The van der Waals surface area contributed by atoms with E-state index in [1.54, 1.807) is 0 Å². The Morgan fingerprint density at radius 3 is 2.00 bits per heavy atom. The van der Waals surface area contributed by atoms with E-state index in [0.717, 1.165) is 23.2 Å². The molecule has 3 nitrogen and oxygen atoms in total. The second-order valence-electron chi connectivity index (χ2n) is 5.66. The first-order valence-electron chi connectivity index (χ1n) is 6.70. The molecule has 0 spiro atoms. The monoisotopic (exact) mass is 263 g/mol. The van der Waals surface area contributed by atoms with E-state index in [9.17, 15) is 9.90 Å². The van der Waals surface area contributed by atoms with Gasteiger partial charge < -0.3 is 10.0 Å². The number of aliphatic carboxylic acids is 1. The van der Waals surface area contributed by atoms with Crippen molar-refractivity contribution < 1.29 is 9.90 Å². The fourth-order valence-corrected chi connectivity index (χ4v) is 2.55. The Kier molecular flexibility index (Phi) is 5.12. The normalized spacial score (nSPS) is 12.8. The van der Waals surface area contributed by atoms with Crippen LogP contribution in [0.4, 0.5) is 0 Å². The van der Waals surface area contributed by atoms with Gasteiger partial charge in [-0.05, 0) is 82.6 Å². The summed E-state index contributed by atoms with van der Waals surface area (Å²) >= 11 is 0. The lowest BCUT2D eigenvalue weighted by Gasteiger charge is -2.22. The predicted molar refractivity (Wildman–Crippen MR) is 78.9 cm³/mol. The van der Waals surface area contributed by atoms with Crippen molar-refractivity contribution in [3.8, 4) is 0 Å². The average Bonchev–Trinajstić information content (AvgIpc) is 2.30. The molecule has 0 bridgehead atoms. The molecule has 1 unspecified atom stereocenters. The Morgan fingerprint density at radius 1 is 1.16 bits per heavy atom. The molecule has 1 atom stereocenters. The van der Waals surface area contributed by atoms with Crippen molar-refractivity contribution in [3.63, 3.8) is 0 Å². The zero-order valence-corrected chi connectivity index (χ0v) is 12.9. The minimum atomic E-state index is -0.724. The molecule has 0 fully saturated rings. The first kappa shape index (κ1) is 15.7. The summed E-state index contributed by atoms with van der Waals surface area (Å²) in [5, 5.41) is 9.55. The van der Waals surface area contributed by atoms with Gasteiger partial charge in [-0.25, -0.2) is 0 Å². The lowest BCUT2D eigenvalue weighted by molar-refractivity contribution is -0.139. The van der Waals surface area contributed by atoms with Gasteiger partial charge in [-0.2, -0.15) is 0 Å². The Balaban J connectivity index is 3.26. The number of hydrogen-bond acceptors (Lipinski definition) is 2. The smallest absolute Gasteiger partial charge is 0.311 e. The molecule has 3 heteroatoms. The molecule has 1 rings (SSSR count). The van der Waals surface area contributed by atoms with Crippen molar-refractivity contribution in [1.82, 2.24) is 4.90 Å². The number of nitrogens with zero attached hydrogens (tertiary/aromatic N) is 1. The third kappa shape index (κ3) is 3.57. The van der Waals surface area contributed by atoms with E-state index in [-0.39, 0.29) is 0 Å². The molecular formula is C16H25NO2. The van der Waals surface area contributed by atoms with Crippen LogP contribution in [0.5, 0.6) is 0 Å². The summed E-state index contributed by atoms with van der Waals surface area (Å²) in [6.45, 7) is 8.94. The highest BCUT2D eigenvalue weighted by Crippen LogP contribution is 2.31. The lowest BCUT2D eigenvalue weighted by atomic mass is 9.84. The van der Waals surface area contributed by atoms with E-state index in [2.05, 4.69) is 19.9 Å². The molecule has 106 valence electrons. The second kappa shape index (κ2) is 6.20. The molecule has 19 heavy (non-hydrogen) atoms. The molecule has 0 heterocycles. The summed E-state index contributed by atoms with van der Waals surface area (Å²) in [4.78, 5) is 13.7. The third-order valence-corrected chi connectivity index (χ3v) is 3.94. The van der Waals surface area contributed by atoms with Crippen LogP contribution in [0.15, 0.2) is 6.07 Å². The van der Waals surface area contributed by atoms with Crippen LogP contribution in [-0.4, -0.2) is 36.6 Å². The zero-order valence-electron chi connectivity index (χ0n) is 12.9. The summed E-state index contributed by atoms with van der Waals surface area (Å²) in [7, 11) is 3.94. The molecule has 1 aromatic rings. The Labute approximate surface area is 116 Å². The maximum atomic E-state index is 11.6. The van der Waals surface area contributed by atoms with Gasteiger partial charge in [0.1, 0.15) is 0 Å². The van der Waals surface area contributed by atoms with Gasteiger partial charge in [-0.15, -0.1) is 0 Å². The number of benzene rings is 1. The van der Waals surface area contributed by atoms with E-state index < -0.39 is 11.9 Å². The molecule has 0 aliphatic rings. The molecule has 0 amide bonds. The van der Waals surface area contributed by atoms with Gasteiger partial charge >= 0.3 is 5.97 Å². The molecule has 0 saturated heterocycles. The zero-order chi connectivity index (χ0) is 14.7. The first-order valence-corrected chi connectivity index (χ1v) is 6.70.